The Hall–Kier alpha value is -1.56. The van der Waals surface area contributed by atoms with Gasteiger partial charge in [-0.2, -0.15) is 0 Å². The summed E-state index contributed by atoms with van der Waals surface area (Å²) in [5.74, 6) is 0.409. The lowest BCUT2D eigenvalue weighted by atomic mass is 9.74. The maximum Gasteiger partial charge on any atom is 0.00871 e. The standard InChI is InChI=1S/C31H48/c1-14-27(21-15-23(28(2,3)4)19-24(16-21)29(5,6)7)22-17-25(30(8,9)10)20-26(18-22)31(11,12)13/h15-20,27H,14H2,1-13H3. The molecule has 0 saturated heterocycles. The van der Waals surface area contributed by atoms with Crippen molar-refractivity contribution in [1.29, 1.82) is 0 Å². The highest BCUT2D eigenvalue weighted by molar-refractivity contribution is 5.46. The number of hydrogen-bond acceptors (Lipinski definition) is 0. The van der Waals surface area contributed by atoms with Crippen LogP contribution in [-0.2, 0) is 21.7 Å². The Balaban J connectivity index is 2.78. The Morgan fingerprint density at radius 1 is 0.452 bits per heavy atom. The van der Waals surface area contributed by atoms with E-state index >= 15 is 0 Å². The highest BCUT2D eigenvalue weighted by Crippen LogP contribution is 2.39. The molecule has 0 aliphatic carbocycles. The van der Waals surface area contributed by atoms with Gasteiger partial charge in [-0.1, -0.05) is 126 Å². The first-order valence-corrected chi connectivity index (χ1v) is 12.2. The lowest BCUT2D eigenvalue weighted by Crippen LogP contribution is -2.19. The van der Waals surface area contributed by atoms with Crippen molar-refractivity contribution in [3.63, 3.8) is 0 Å². The molecular formula is C31H48. The van der Waals surface area contributed by atoms with Crippen molar-refractivity contribution in [3.05, 3.63) is 69.8 Å². The van der Waals surface area contributed by atoms with Crippen LogP contribution in [0.3, 0.4) is 0 Å². The molecular weight excluding hydrogens is 372 g/mol. The molecule has 0 aromatic heterocycles. The number of rotatable bonds is 3. The minimum atomic E-state index is 0.137. The Kier molecular flexibility index (Phi) is 6.98. The van der Waals surface area contributed by atoms with Gasteiger partial charge in [0, 0.05) is 5.92 Å². The molecule has 172 valence electrons. The van der Waals surface area contributed by atoms with E-state index in [-0.39, 0.29) is 21.7 Å². The largest absolute Gasteiger partial charge is 0.0645 e. The second-order valence-corrected chi connectivity index (χ2v) is 13.6. The highest BCUT2D eigenvalue weighted by atomic mass is 14.3. The summed E-state index contributed by atoms with van der Waals surface area (Å²) in [5.41, 5.74) is 9.24. The van der Waals surface area contributed by atoms with Crippen molar-refractivity contribution in [1.82, 2.24) is 0 Å². The van der Waals surface area contributed by atoms with Crippen LogP contribution in [0, 0.1) is 0 Å². The van der Waals surface area contributed by atoms with Crippen molar-refractivity contribution in [2.24, 2.45) is 0 Å². The first-order valence-electron chi connectivity index (χ1n) is 12.2. The third kappa shape index (κ3) is 6.24. The van der Waals surface area contributed by atoms with Gasteiger partial charge in [0.2, 0.25) is 0 Å². The van der Waals surface area contributed by atoms with E-state index in [1.807, 2.05) is 0 Å². The Morgan fingerprint density at radius 2 is 0.677 bits per heavy atom. The van der Waals surface area contributed by atoms with Gasteiger partial charge >= 0.3 is 0 Å². The fourth-order valence-electron chi connectivity index (χ4n) is 4.10. The minimum Gasteiger partial charge on any atom is -0.0645 e. The van der Waals surface area contributed by atoms with Gasteiger partial charge in [0.15, 0.2) is 0 Å². The molecule has 0 saturated carbocycles. The second kappa shape index (κ2) is 8.42. The molecule has 0 heteroatoms. The summed E-state index contributed by atoms with van der Waals surface area (Å²) in [4.78, 5) is 0. The number of benzene rings is 2. The highest BCUT2D eigenvalue weighted by Gasteiger charge is 2.26. The maximum atomic E-state index is 2.48. The maximum absolute atomic E-state index is 2.48. The SMILES string of the molecule is CCC(c1cc(C(C)(C)C)cc(C(C)(C)C)c1)c1cc(C(C)(C)C)cc(C(C)(C)C)c1. The van der Waals surface area contributed by atoms with E-state index < -0.39 is 0 Å². The van der Waals surface area contributed by atoms with Crippen LogP contribution < -0.4 is 0 Å². The van der Waals surface area contributed by atoms with E-state index in [4.69, 9.17) is 0 Å². The average Bonchev–Trinajstić information content (AvgIpc) is 2.59. The summed E-state index contributed by atoms with van der Waals surface area (Å²) in [6, 6.07) is 14.8. The van der Waals surface area contributed by atoms with Crippen LogP contribution in [0.1, 0.15) is 136 Å². The summed E-state index contributed by atoms with van der Waals surface area (Å²) in [6.45, 7) is 30.3. The van der Waals surface area contributed by atoms with Gasteiger partial charge in [0.25, 0.3) is 0 Å². The molecule has 0 spiro atoms. The fraction of sp³-hybridized carbons (Fsp3) is 0.613. The van der Waals surface area contributed by atoms with Gasteiger partial charge < -0.3 is 0 Å². The molecule has 0 radical (unpaired) electrons. The van der Waals surface area contributed by atoms with Crippen LogP contribution >= 0.6 is 0 Å². The lowest BCUT2D eigenvalue weighted by molar-refractivity contribution is 0.562. The molecule has 0 amide bonds. The van der Waals surface area contributed by atoms with Crippen molar-refractivity contribution in [2.75, 3.05) is 0 Å². The third-order valence-electron chi connectivity index (χ3n) is 6.59. The van der Waals surface area contributed by atoms with Crippen LogP contribution in [0.5, 0.6) is 0 Å². The van der Waals surface area contributed by atoms with E-state index in [2.05, 4.69) is 126 Å². The zero-order valence-corrected chi connectivity index (χ0v) is 22.7. The molecule has 0 unspecified atom stereocenters. The van der Waals surface area contributed by atoms with E-state index in [1.165, 1.54) is 33.4 Å². The van der Waals surface area contributed by atoms with Crippen LogP contribution in [-0.4, -0.2) is 0 Å². The van der Waals surface area contributed by atoms with Crippen molar-refractivity contribution < 1.29 is 0 Å². The second-order valence-electron chi connectivity index (χ2n) is 13.6. The molecule has 0 fully saturated rings. The molecule has 0 heterocycles. The molecule has 0 N–H and O–H groups in total. The van der Waals surface area contributed by atoms with Crippen molar-refractivity contribution in [2.45, 2.75) is 124 Å². The molecule has 0 aliphatic heterocycles. The summed E-state index contributed by atoms with van der Waals surface area (Å²) in [5, 5.41) is 0. The zero-order valence-electron chi connectivity index (χ0n) is 22.7. The predicted octanol–water partition coefficient (Wildman–Crippen LogP) is 9.42. The Bertz CT molecular complexity index is 759. The summed E-state index contributed by atoms with van der Waals surface area (Å²) in [6.07, 6.45) is 1.11. The van der Waals surface area contributed by atoms with Crippen LogP contribution in [0.15, 0.2) is 36.4 Å². The third-order valence-corrected chi connectivity index (χ3v) is 6.59. The van der Waals surface area contributed by atoms with Gasteiger partial charge in [0.1, 0.15) is 0 Å². The van der Waals surface area contributed by atoms with Gasteiger partial charge in [-0.25, -0.2) is 0 Å². The molecule has 31 heavy (non-hydrogen) atoms. The van der Waals surface area contributed by atoms with E-state index in [0.29, 0.717) is 5.92 Å². The normalized spacial score (nSPS) is 13.7. The topological polar surface area (TPSA) is 0 Å². The van der Waals surface area contributed by atoms with Gasteiger partial charge in [0.05, 0.1) is 0 Å². The van der Waals surface area contributed by atoms with Gasteiger partial charge in [-0.3, -0.25) is 0 Å². The summed E-state index contributed by atoms with van der Waals surface area (Å²) in [7, 11) is 0. The minimum absolute atomic E-state index is 0.137. The monoisotopic (exact) mass is 420 g/mol. The predicted molar refractivity (Wildman–Crippen MR) is 140 cm³/mol. The average molecular weight is 421 g/mol. The molecule has 0 atom stereocenters. The van der Waals surface area contributed by atoms with Crippen LogP contribution in [0.25, 0.3) is 0 Å². The van der Waals surface area contributed by atoms with Crippen molar-refractivity contribution >= 4 is 0 Å². The van der Waals surface area contributed by atoms with E-state index in [1.54, 1.807) is 0 Å². The molecule has 2 aromatic rings. The summed E-state index contributed by atoms with van der Waals surface area (Å²) >= 11 is 0. The molecule has 2 aromatic carbocycles. The van der Waals surface area contributed by atoms with Crippen LogP contribution in [0.4, 0.5) is 0 Å². The quantitative estimate of drug-likeness (QED) is 0.464. The first-order chi connectivity index (χ1) is 13.8. The van der Waals surface area contributed by atoms with Gasteiger partial charge in [-0.05, 0) is 61.5 Å². The molecule has 2 rings (SSSR count). The smallest absolute Gasteiger partial charge is 0.00871 e. The fourth-order valence-corrected chi connectivity index (χ4v) is 4.10. The Morgan fingerprint density at radius 3 is 0.839 bits per heavy atom. The Labute approximate surface area is 193 Å². The van der Waals surface area contributed by atoms with Crippen LogP contribution in [0.2, 0.25) is 0 Å². The zero-order chi connectivity index (χ0) is 24.0. The van der Waals surface area contributed by atoms with Gasteiger partial charge in [-0.15, -0.1) is 0 Å². The molecule has 0 nitrogen and oxygen atoms in total. The van der Waals surface area contributed by atoms with E-state index in [0.717, 1.165) is 6.42 Å². The lowest BCUT2D eigenvalue weighted by Gasteiger charge is -2.30. The first kappa shape index (κ1) is 25.7. The molecule has 0 aliphatic rings. The van der Waals surface area contributed by atoms with E-state index in [9.17, 15) is 0 Å². The number of hydrogen-bond donors (Lipinski definition) is 0. The summed E-state index contributed by atoms with van der Waals surface area (Å²) < 4.78 is 0. The van der Waals surface area contributed by atoms with Crippen molar-refractivity contribution in [3.8, 4) is 0 Å². The molecule has 0 bridgehead atoms.